The van der Waals surface area contributed by atoms with Gasteiger partial charge in [-0.05, 0) is 33.3 Å². The average Bonchev–Trinajstić information content (AvgIpc) is 2.55. The average molecular weight is 376 g/mol. The van der Waals surface area contributed by atoms with Crippen molar-refractivity contribution in [3.05, 3.63) is 35.4 Å². The van der Waals surface area contributed by atoms with Crippen LogP contribution in [0.1, 0.15) is 43.6 Å². The lowest BCUT2D eigenvalue weighted by Gasteiger charge is -2.17. The van der Waals surface area contributed by atoms with E-state index >= 15 is 0 Å². The lowest BCUT2D eigenvalue weighted by atomic mass is 10.2. The van der Waals surface area contributed by atoms with E-state index in [0.29, 0.717) is 32.0 Å². The van der Waals surface area contributed by atoms with Gasteiger partial charge in [0.25, 0.3) is 0 Å². The minimum absolute atomic E-state index is 0.168. The van der Waals surface area contributed by atoms with Crippen molar-refractivity contribution in [2.24, 2.45) is 0 Å². The Bertz CT molecular complexity index is 530. The normalized spacial score (nSPS) is 11.9. The summed E-state index contributed by atoms with van der Waals surface area (Å²) >= 11 is 0. The molecular weight excluding hydrogens is 350 g/mol. The molecule has 1 aromatic rings. The van der Waals surface area contributed by atoms with E-state index in [1.165, 1.54) is 0 Å². The van der Waals surface area contributed by atoms with Crippen LogP contribution in [-0.2, 0) is 28.8 Å². The molecule has 0 saturated heterocycles. The van der Waals surface area contributed by atoms with Gasteiger partial charge in [-0.3, -0.25) is 9.36 Å². The van der Waals surface area contributed by atoms with Gasteiger partial charge in [-0.25, -0.2) is 0 Å². The molecule has 8 heteroatoms. The predicted molar refractivity (Wildman–Crippen MR) is 95.5 cm³/mol. The maximum absolute atomic E-state index is 12.5. The van der Waals surface area contributed by atoms with Crippen molar-refractivity contribution in [3.8, 4) is 0 Å². The van der Waals surface area contributed by atoms with Crippen LogP contribution < -0.4 is 0 Å². The molecule has 0 unspecified atom stereocenters. The highest BCUT2D eigenvalue weighted by Gasteiger charge is 2.25. The minimum Gasteiger partial charge on any atom is -0.329 e. The Labute approximate surface area is 145 Å². The lowest BCUT2D eigenvalue weighted by molar-refractivity contribution is 0.104. The molecule has 0 aromatic heterocycles. The first kappa shape index (κ1) is 21.4. The van der Waals surface area contributed by atoms with Crippen LogP contribution in [0, 0.1) is 0 Å². The second-order valence-corrected chi connectivity index (χ2v) is 8.19. The van der Waals surface area contributed by atoms with Crippen LogP contribution in [0.2, 0.25) is 0 Å². The van der Waals surface area contributed by atoms with Crippen molar-refractivity contribution >= 4 is 21.5 Å². The molecule has 0 heterocycles. The van der Waals surface area contributed by atoms with Crippen LogP contribution in [-0.4, -0.2) is 32.0 Å². The third kappa shape index (κ3) is 6.72. The maximum Gasteiger partial charge on any atom is 0.335 e. The first-order chi connectivity index (χ1) is 11.5. The van der Waals surface area contributed by atoms with Crippen molar-refractivity contribution in [1.82, 2.24) is 0 Å². The van der Waals surface area contributed by atoms with Crippen molar-refractivity contribution < 1.29 is 27.5 Å². The Morgan fingerprint density at radius 1 is 0.917 bits per heavy atom. The topological polar surface area (TPSA) is 71.1 Å². The van der Waals surface area contributed by atoms with E-state index in [4.69, 9.17) is 18.1 Å². The highest BCUT2D eigenvalue weighted by Crippen LogP contribution is 2.51. The van der Waals surface area contributed by atoms with Crippen molar-refractivity contribution in [2.45, 2.75) is 33.9 Å². The molecule has 0 aliphatic heterocycles. The van der Waals surface area contributed by atoms with Gasteiger partial charge >= 0.3 is 7.60 Å². The fraction of sp³-hybridized carbons (Fsp3) is 0.562. The van der Waals surface area contributed by atoms with E-state index in [0.717, 1.165) is 5.56 Å². The molecule has 136 valence electrons. The van der Waals surface area contributed by atoms with Gasteiger partial charge in [0, 0.05) is 5.56 Å². The van der Waals surface area contributed by atoms with Gasteiger partial charge in [-0.1, -0.05) is 24.3 Å². The zero-order valence-corrected chi connectivity index (χ0v) is 16.5. The molecule has 0 N–H and O–H groups in total. The summed E-state index contributed by atoms with van der Waals surface area (Å²) in [5, 5.41) is 0. The van der Waals surface area contributed by atoms with Crippen LogP contribution in [0.3, 0.4) is 0 Å². The van der Waals surface area contributed by atoms with E-state index in [9.17, 15) is 9.36 Å². The number of carbonyl (C=O) groups is 1. The van der Waals surface area contributed by atoms with Crippen LogP contribution in [0.15, 0.2) is 24.3 Å². The summed E-state index contributed by atoms with van der Waals surface area (Å²) in [6, 6.07) is 6.88. The highest BCUT2D eigenvalue weighted by atomic mass is 31.2. The smallest absolute Gasteiger partial charge is 0.329 e. The van der Waals surface area contributed by atoms with Crippen LogP contribution >= 0.6 is 16.0 Å². The van der Waals surface area contributed by atoms with E-state index < -0.39 is 16.0 Å². The van der Waals surface area contributed by atoms with Crippen molar-refractivity contribution in [2.75, 3.05) is 26.4 Å². The Morgan fingerprint density at radius 2 is 1.42 bits per heavy atom. The fourth-order valence-corrected chi connectivity index (χ4v) is 4.83. The van der Waals surface area contributed by atoms with E-state index in [2.05, 4.69) is 0 Å². The van der Waals surface area contributed by atoms with Gasteiger partial charge in [0.2, 0.25) is 13.9 Å². The third-order valence-corrected chi connectivity index (χ3v) is 6.52. The number of benzene rings is 1. The quantitative estimate of drug-likeness (QED) is 0.479. The van der Waals surface area contributed by atoms with E-state index in [1.54, 1.807) is 38.1 Å². The zero-order chi connectivity index (χ0) is 18.0. The fourth-order valence-electron chi connectivity index (χ4n) is 1.99. The molecule has 0 saturated carbocycles. The minimum atomic E-state index is -3.15. The SMILES string of the molecule is CCOP(OCC)C(=O)c1ccc(CP(=O)(OCC)OCC)cc1. The third-order valence-electron chi connectivity index (χ3n) is 2.89. The molecule has 0 radical (unpaired) electrons. The first-order valence-electron chi connectivity index (χ1n) is 8.06. The monoisotopic (exact) mass is 376 g/mol. The lowest BCUT2D eigenvalue weighted by Crippen LogP contribution is -2.04. The van der Waals surface area contributed by atoms with E-state index in [1.807, 2.05) is 13.8 Å². The van der Waals surface area contributed by atoms with Gasteiger partial charge in [0.15, 0.2) is 0 Å². The molecule has 24 heavy (non-hydrogen) atoms. The molecule has 0 bridgehead atoms. The second kappa shape index (κ2) is 11.1. The Morgan fingerprint density at radius 3 is 1.83 bits per heavy atom. The first-order valence-corrected chi connectivity index (χ1v) is 11.0. The van der Waals surface area contributed by atoms with Crippen LogP contribution in [0.5, 0.6) is 0 Å². The Hall–Kier alpha value is -0.610. The number of rotatable bonds is 12. The summed E-state index contributed by atoms with van der Waals surface area (Å²) in [5.41, 5.74) is 1.13. The number of carbonyl (C=O) groups excluding carboxylic acids is 1. The standard InChI is InChI=1S/C16H26O6P2/c1-5-19-23(20-6-2)16(17)15-11-9-14(10-12-15)13-24(18,21-7-3)22-8-4/h9-12H,5-8,13H2,1-4H3. The summed E-state index contributed by atoms with van der Waals surface area (Å²) in [6.45, 7) is 8.67. The Kier molecular flexibility index (Phi) is 9.91. The van der Waals surface area contributed by atoms with Gasteiger partial charge in [0.1, 0.15) is 0 Å². The molecule has 0 fully saturated rings. The number of hydrogen-bond donors (Lipinski definition) is 0. The molecule has 1 rings (SSSR count). The molecule has 0 aliphatic rings. The molecular formula is C16H26O6P2. The zero-order valence-electron chi connectivity index (χ0n) is 14.7. The molecule has 0 aliphatic carbocycles. The second-order valence-electron chi connectivity index (χ2n) is 4.70. The summed E-state index contributed by atoms with van der Waals surface area (Å²) in [5.74, 6) is 0. The van der Waals surface area contributed by atoms with Gasteiger partial charge < -0.3 is 18.1 Å². The number of hydrogen-bond acceptors (Lipinski definition) is 6. The Balaban J connectivity index is 2.84. The van der Waals surface area contributed by atoms with Gasteiger partial charge in [-0.2, -0.15) is 0 Å². The van der Waals surface area contributed by atoms with Gasteiger partial charge in [-0.15, -0.1) is 0 Å². The molecule has 0 atom stereocenters. The maximum atomic E-state index is 12.5. The van der Waals surface area contributed by atoms with Crippen molar-refractivity contribution in [1.29, 1.82) is 0 Å². The summed E-state index contributed by atoms with van der Waals surface area (Å²) < 4.78 is 33.9. The molecule has 1 aromatic carbocycles. The largest absolute Gasteiger partial charge is 0.335 e. The van der Waals surface area contributed by atoms with Crippen LogP contribution in [0.4, 0.5) is 0 Å². The summed E-state index contributed by atoms with van der Waals surface area (Å²) in [4.78, 5) is 12.4. The summed E-state index contributed by atoms with van der Waals surface area (Å²) in [6.07, 6.45) is 0.175. The van der Waals surface area contributed by atoms with Crippen LogP contribution in [0.25, 0.3) is 0 Å². The van der Waals surface area contributed by atoms with Crippen molar-refractivity contribution in [3.63, 3.8) is 0 Å². The summed E-state index contributed by atoms with van der Waals surface area (Å²) in [7, 11) is -4.74. The van der Waals surface area contributed by atoms with Gasteiger partial charge in [0.05, 0.1) is 32.6 Å². The predicted octanol–water partition coefficient (Wildman–Crippen LogP) is 4.98. The molecule has 0 amide bonds. The molecule has 0 spiro atoms. The van der Waals surface area contributed by atoms with E-state index in [-0.39, 0.29) is 11.7 Å². The molecule has 6 nitrogen and oxygen atoms in total. The highest BCUT2D eigenvalue weighted by molar-refractivity contribution is 7.66.